The number of carbonyl (C=O) groups is 1. The van der Waals surface area contributed by atoms with Crippen molar-refractivity contribution in [3.63, 3.8) is 0 Å². The first-order valence-electron chi connectivity index (χ1n) is 5.48. The molecule has 0 bridgehead atoms. The van der Waals surface area contributed by atoms with Crippen LogP contribution in [-0.4, -0.2) is 17.6 Å². The highest BCUT2D eigenvalue weighted by Crippen LogP contribution is 2.37. The Morgan fingerprint density at radius 3 is 2.88 bits per heavy atom. The van der Waals surface area contributed by atoms with E-state index in [1.807, 2.05) is 18.2 Å². The van der Waals surface area contributed by atoms with Crippen LogP contribution in [0.25, 0.3) is 10.9 Å². The number of hydrogen-bond acceptors (Lipinski definition) is 2. The van der Waals surface area contributed by atoms with E-state index in [1.54, 1.807) is 0 Å². The minimum atomic E-state index is -0.273. The molecule has 1 aromatic heterocycles. The molecule has 1 aromatic carbocycles. The summed E-state index contributed by atoms with van der Waals surface area (Å²) < 4.78 is 6.98. The zero-order valence-electron chi connectivity index (χ0n) is 9.14. The average molecular weight is 215 g/mol. The molecule has 0 radical (unpaired) electrons. The minimum Gasteiger partial charge on any atom is -0.465 e. The second-order valence-corrected chi connectivity index (χ2v) is 4.22. The fourth-order valence-corrected chi connectivity index (χ4v) is 2.07. The summed E-state index contributed by atoms with van der Waals surface area (Å²) in [5, 5.41) is 1.18. The number of fused-ring (bicyclic) bond motifs is 1. The molecular weight excluding hydrogens is 202 g/mol. The van der Waals surface area contributed by atoms with Crippen LogP contribution in [0.15, 0.2) is 30.5 Å². The van der Waals surface area contributed by atoms with Crippen molar-refractivity contribution >= 4 is 16.9 Å². The van der Waals surface area contributed by atoms with Crippen molar-refractivity contribution in [2.24, 2.45) is 0 Å². The van der Waals surface area contributed by atoms with Gasteiger partial charge in [0.2, 0.25) is 0 Å². The maximum atomic E-state index is 11.4. The molecule has 1 aliphatic rings. The number of methoxy groups -OCH3 is 1. The van der Waals surface area contributed by atoms with Crippen molar-refractivity contribution in [2.45, 2.75) is 18.9 Å². The molecule has 0 atom stereocenters. The molecular formula is C13H13NO2. The molecule has 0 saturated heterocycles. The molecule has 1 heterocycles. The van der Waals surface area contributed by atoms with Crippen LogP contribution < -0.4 is 0 Å². The number of aromatic nitrogens is 1. The highest BCUT2D eigenvalue weighted by molar-refractivity contribution is 5.94. The van der Waals surface area contributed by atoms with Gasteiger partial charge in [0, 0.05) is 17.8 Å². The predicted octanol–water partition coefficient (Wildman–Crippen LogP) is 2.76. The molecule has 1 fully saturated rings. The van der Waals surface area contributed by atoms with Crippen molar-refractivity contribution in [3.8, 4) is 0 Å². The maximum Gasteiger partial charge on any atom is 0.337 e. The molecule has 0 N–H and O–H groups in total. The number of carbonyl (C=O) groups excluding carboxylic acids is 1. The van der Waals surface area contributed by atoms with Gasteiger partial charge in [-0.05, 0) is 36.4 Å². The first-order valence-corrected chi connectivity index (χ1v) is 5.48. The van der Waals surface area contributed by atoms with Gasteiger partial charge in [-0.3, -0.25) is 0 Å². The van der Waals surface area contributed by atoms with Gasteiger partial charge in [0.15, 0.2) is 0 Å². The fourth-order valence-electron chi connectivity index (χ4n) is 2.07. The molecule has 2 aromatic rings. The molecule has 16 heavy (non-hydrogen) atoms. The third kappa shape index (κ3) is 1.40. The summed E-state index contributed by atoms with van der Waals surface area (Å²) in [6.45, 7) is 0. The van der Waals surface area contributed by atoms with Crippen molar-refractivity contribution in [1.82, 2.24) is 4.57 Å². The van der Waals surface area contributed by atoms with Crippen molar-refractivity contribution in [2.75, 3.05) is 7.11 Å². The summed E-state index contributed by atoms with van der Waals surface area (Å²) in [7, 11) is 1.41. The minimum absolute atomic E-state index is 0.273. The van der Waals surface area contributed by atoms with Crippen molar-refractivity contribution < 1.29 is 9.53 Å². The Bertz CT molecular complexity index is 552. The predicted molar refractivity (Wildman–Crippen MR) is 61.5 cm³/mol. The van der Waals surface area contributed by atoms with Crippen LogP contribution >= 0.6 is 0 Å². The van der Waals surface area contributed by atoms with E-state index in [0.29, 0.717) is 11.6 Å². The van der Waals surface area contributed by atoms with Gasteiger partial charge < -0.3 is 9.30 Å². The molecule has 0 unspecified atom stereocenters. The second-order valence-electron chi connectivity index (χ2n) is 4.22. The SMILES string of the molecule is COC(=O)c1ccc2ccn(C3CC3)c2c1. The number of hydrogen-bond donors (Lipinski definition) is 0. The fraction of sp³-hybridized carbons (Fsp3) is 0.308. The van der Waals surface area contributed by atoms with E-state index >= 15 is 0 Å². The third-order valence-electron chi connectivity index (χ3n) is 3.08. The van der Waals surface area contributed by atoms with Gasteiger partial charge in [0.05, 0.1) is 12.7 Å². The highest BCUT2D eigenvalue weighted by Gasteiger charge is 2.24. The zero-order chi connectivity index (χ0) is 11.1. The third-order valence-corrected chi connectivity index (χ3v) is 3.08. The number of ether oxygens (including phenoxy) is 1. The Morgan fingerprint density at radius 2 is 2.19 bits per heavy atom. The molecule has 3 heteroatoms. The van der Waals surface area contributed by atoms with Crippen LogP contribution in [0.1, 0.15) is 29.2 Å². The lowest BCUT2D eigenvalue weighted by Gasteiger charge is -2.04. The van der Waals surface area contributed by atoms with E-state index < -0.39 is 0 Å². The first-order chi connectivity index (χ1) is 7.79. The average Bonchev–Trinajstić information content (AvgIpc) is 3.08. The molecule has 1 aliphatic carbocycles. The quantitative estimate of drug-likeness (QED) is 0.721. The summed E-state index contributed by atoms with van der Waals surface area (Å²) in [6, 6.07) is 8.42. The van der Waals surface area contributed by atoms with E-state index in [0.717, 1.165) is 5.52 Å². The summed E-state index contributed by atoms with van der Waals surface area (Å²) in [6.07, 6.45) is 4.59. The number of rotatable bonds is 2. The molecule has 0 spiro atoms. The van der Waals surface area contributed by atoms with Crippen LogP contribution in [0, 0.1) is 0 Å². The Balaban J connectivity index is 2.13. The van der Waals surface area contributed by atoms with Crippen LogP contribution in [-0.2, 0) is 4.74 Å². The number of benzene rings is 1. The number of esters is 1. The largest absolute Gasteiger partial charge is 0.465 e. The van der Waals surface area contributed by atoms with Crippen LogP contribution in [0.4, 0.5) is 0 Å². The molecule has 0 aliphatic heterocycles. The molecule has 3 rings (SSSR count). The van der Waals surface area contributed by atoms with Gasteiger partial charge >= 0.3 is 5.97 Å². The van der Waals surface area contributed by atoms with Gasteiger partial charge in [-0.15, -0.1) is 0 Å². The standard InChI is InChI=1S/C13H13NO2/c1-16-13(15)10-3-2-9-6-7-14(11-4-5-11)12(9)8-10/h2-3,6-8,11H,4-5H2,1H3. The van der Waals surface area contributed by atoms with Crippen molar-refractivity contribution in [3.05, 3.63) is 36.0 Å². The summed E-state index contributed by atoms with van der Waals surface area (Å²) in [4.78, 5) is 11.4. The van der Waals surface area contributed by atoms with Crippen LogP contribution in [0.3, 0.4) is 0 Å². The Morgan fingerprint density at radius 1 is 1.38 bits per heavy atom. The van der Waals surface area contributed by atoms with E-state index in [-0.39, 0.29) is 5.97 Å². The number of nitrogens with zero attached hydrogens (tertiary/aromatic N) is 1. The molecule has 3 nitrogen and oxygen atoms in total. The van der Waals surface area contributed by atoms with E-state index in [4.69, 9.17) is 4.74 Å². The second kappa shape index (κ2) is 3.37. The van der Waals surface area contributed by atoms with E-state index in [9.17, 15) is 4.79 Å². The highest BCUT2D eigenvalue weighted by atomic mass is 16.5. The molecule has 0 amide bonds. The lowest BCUT2D eigenvalue weighted by Crippen LogP contribution is -2.01. The Hall–Kier alpha value is -1.77. The Labute approximate surface area is 93.6 Å². The molecule has 82 valence electrons. The summed E-state index contributed by atoms with van der Waals surface area (Å²) >= 11 is 0. The van der Waals surface area contributed by atoms with Crippen molar-refractivity contribution in [1.29, 1.82) is 0 Å². The zero-order valence-corrected chi connectivity index (χ0v) is 9.14. The summed E-state index contributed by atoms with van der Waals surface area (Å²) in [5.74, 6) is -0.273. The van der Waals surface area contributed by atoms with Crippen LogP contribution in [0.2, 0.25) is 0 Å². The monoisotopic (exact) mass is 215 g/mol. The Kier molecular flexibility index (Phi) is 1.99. The first kappa shape index (κ1) is 9.46. The topological polar surface area (TPSA) is 31.2 Å². The van der Waals surface area contributed by atoms with E-state index in [2.05, 4.69) is 16.8 Å². The van der Waals surface area contributed by atoms with Gasteiger partial charge in [0.25, 0.3) is 0 Å². The lowest BCUT2D eigenvalue weighted by atomic mass is 10.1. The maximum absolute atomic E-state index is 11.4. The molecule has 1 saturated carbocycles. The van der Waals surface area contributed by atoms with Crippen LogP contribution in [0.5, 0.6) is 0 Å². The van der Waals surface area contributed by atoms with Gasteiger partial charge in [-0.1, -0.05) is 6.07 Å². The van der Waals surface area contributed by atoms with Gasteiger partial charge in [-0.25, -0.2) is 4.79 Å². The smallest absolute Gasteiger partial charge is 0.337 e. The van der Waals surface area contributed by atoms with E-state index in [1.165, 1.54) is 25.3 Å². The summed E-state index contributed by atoms with van der Waals surface area (Å²) in [5.41, 5.74) is 1.75. The normalized spacial score (nSPS) is 15.3. The van der Waals surface area contributed by atoms with Gasteiger partial charge in [0.1, 0.15) is 0 Å². The lowest BCUT2D eigenvalue weighted by molar-refractivity contribution is 0.0601. The van der Waals surface area contributed by atoms with Gasteiger partial charge in [-0.2, -0.15) is 0 Å².